The maximum Gasteiger partial charge on any atom is 0.326 e. The van der Waals surface area contributed by atoms with Crippen molar-refractivity contribution in [2.75, 3.05) is 0 Å². The van der Waals surface area contributed by atoms with Crippen molar-refractivity contribution in [1.82, 2.24) is 25.2 Å². The van der Waals surface area contributed by atoms with Crippen LogP contribution in [0.5, 0.6) is 0 Å². The van der Waals surface area contributed by atoms with E-state index in [4.69, 9.17) is 10.4 Å². The van der Waals surface area contributed by atoms with Gasteiger partial charge in [-0.2, -0.15) is 5.10 Å². The van der Waals surface area contributed by atoms with Crippen molar-refractivity contribution < 1.29 is 32.6 Å². The van der Waals surface area contributed by atoms with E-state index in [2.05, 4.69) is 20.7 Å². The molecular weight excluding hydrogens is 537 g/mol. The van der Waals surface area contributed by atoms with Crippen LogP contribution >= 0.6 is 0 Å². The predicted octanol–water partition coefficient (Wildman–Crippen LogP) is 1.47. The van der Waals surface area contributed by atoms with Crippen molar-refractivity contribution in [3.8, 4) is 0 Å². The standard InChI is InChI=1S/C27H23BF2N6O5/c1-12-14-5-7-19(16(14)4-3-15(12)27(40)41-28)34-26(39)22-9-21(33-23-10-20(24(31)37)35-36(22)23)25(38)32-11-13-2-6-17(29)18(30)8-13/h2-4,6,8-10,19H,5,7,11,28H2,1H3,(H2,31,37)(H,32,38)(H,34,39)/t19-/m0/s1. The monoisotopic (exact) mass is 560 g/mol. The SMILES string of the molecule is BOC(=O)c1ccc2c(c1C)CC[C@@H]2NC(=O)c1cc(C(=O)NCc2ccc(F)c(F)c2)nc2cc(C(N)=O)nn12. The Labute approximate surface area is 232 Å². The van der Waals surface area contributed by atoms with Crippen LogP contribution in [-0.4, -0.2) is 46.3 Å². The van der Waals surface area contributed by atoms with Crippen LogP contribution < -0.4 is 16.4 Å². The quantitative estimate of drug-likeness (QED) is 0.289. The second-order valence-electron chi connectivity index (χ2n) is 9.48. The number of amides is 3. The molecule has 0 bridgehead atoms. The molecule has 1 aliphatic carbocycles. The molecular formula is C27H23BF2N6O5. The molecule has 3 amide bonds. The smallest absolute Gasteiger partial charge is 0.326 e. The van der Waals surface area contributed by atoms with Crippen molar-refractivity contribution in [3.63, 3.8) is 0 Å². The van der Waals surface area contributed by atoms with Gasteiger partial charge in [0.25, 0.3) is 17.7 Å². The van der Waals surface area contributed by atoms with Crippen LogP contribution in [0, 0.1) is 18.6 Å². The third-order valence-corrected chi connectivity index (χ3v) is 6.99. The highest BCUT2D eigenvalue weighted by Gasteiger charge is 2.29. The normalized spacial score (nSPS) is 14.0. The van der Waals surface area contributed by atoms with Gasteiger partial charge in [0.1, 0.15) is 11.4 Å². The number of halogens is 2. The topological polar surface area (TPSA) is 158 Å². The number of carbonyl (C=O) groups is 4. The maximum atomic E-state index is 13.6. The summed E-state index contributed by atoms with van der Waals surface area (Å²) in [5.74, 6) is -4.68. The van der Waals surface area contributed by atoms with Gasteiger partial charge in [-0.25, -0.2) is 23.1 Å². The second kappa shape index (κ2) is 10.8. The Morgan fingerprint density at radius 1 is 1.07 bits per heavy atom. The van der Waals surface area contributed by atoms with Crippen LogP contribution in [0.2, 0.25) is 0 Å². The van der Waals surface area contributed by atoms with E-state index in [0.717, 1.165) is 33.3 Å². The number of nitrogens with zero attached hydrogens (tertiary/aromatic N) is 3. The van der Waals surface area contributed by atoms with Crippen LogP contribution in [0.15, 0.2) is 42.5 Å². The lowest BCUT2D eigenvalue weighted by atomic mass is 9.98. The van der Waals surface area contributed by atoms with Crippen molar-refractivity contribution in [2.24, 2.45) is 5.73 Å². The number of carbonyl (C=O) groups excluding carboxylic acids is 4. The predicted molar refractivity (Wildman–Crippen MR) is 143 cm³/mol. The van der Waals surface area contributed by atoms with Crippen LogP contribution in [0.1, 0.15) is 76.5 Å². The molecule has 0 saturated heterocycles. The summed E-state index contributed by atoms with van der Waals surface area (Å²) < 4.78 is 32.7. The van der Waals surface area contributed by atoms with Crippen LogP contribution in [0.25, 0.3) is 5.65 Å². The average Bonchev–Trinajstić information content (AvgIpc) is 3.57. The van der Waals surface area contributed by atoms with Gasteiger partial charge in [0.05, 0.1) is 11.6 Å². The highest BCUT2D eigenvalue weighted by molar-refractivity contribution is 6.10. The summed E-state index contributed by atoms with van der Waals surface area (Å²) >= 11 is 0. The fraction of sp³-hybridized carbons (Fsp3) is 0.185. The molecule has 0 unspecified atom stereocenters. The molecule has 1 atom stereocenters. The van der Waals surface area contributed by atoms with Crippen molar-refractivity contribution >= 4 is 37.4 Å². The molecule has 5 rings (SSSR count). The van der Waals surface area contributed by atoms with E-state index in [0.29, 0.717) is 24.0 Å². The molecule has 1 aliphatic rings. The molecule has 2 heterocycles. The molecule has 208 valence electrons. The van der Waals surface area contributed by atoms with Crippen molar-refractivity contribution in [1.29, 1.82) is 0 Å². The fourth-order valence-electron chi connectivity index (χ4n) is 4.89. The highest BCUT2D eigenvalue weighted by Crippen LogP contribution is 2.35. The summed E-state index contributed by atoms with van der Waals surface area (Å²) in [5, 5.41) is 9.57. The first-order chi connectivity index (χ1) is 19.6. The van der Waals surface area contributed by atoms with Gasteiger partial charge in [0.2, 0.25) is 0 Å². The summed E-state index contributed by atoms with van der Waals surface area (Å²) in [4.78, 5) is 54.6. The Morgan fingerprint density at radius 2 is 1.85 bits per heavy atom. The Morgan fingerprint density at radius 3 is 2.56 bits per heavy atom. The number of hydrogen-bond acceptors (Lipinski definition) is 7. The van der Waals surface area contributed by atoms with Gasteiger partial charge in [-0.1, -0.05) is 12.1 Å². The van der Waals surface area contributed by atoms with Gasteiger partial charge in [-0.3, -0.25) is 14.4 Å². The molecule has 14 heteroatoms. The Balaban J connectivity index is 1.44. The molecule has 4 aromatic rings. The van der Waals surface area contributed by atoms with E-state index >= 15 is 0 Å². The van der Waals surface area contributed by atoms with Gasteiger partial charge in [-0.05, 0) is 60.2 Å². The molecule has 0 saturated carbocycles. The van der Waals surface area contributed by atoms with E-state index in [-0.39, 0.29) is 29.3 Å². The first-order valence-electron chi connectivity index (χ1n) is 12.5. The van der Waals surface area contributed by atoms with Gasteiger partial charge in [0, 0.05) is 18.7 Å². The van der Waals surface area contributed by atoms with Gasteiger partial charge >= 0.3 is 14.0 Å². The highest BCUT2D eigenvalue weighted by atomic mass is 19.2. The molecule has 11 nitrogen and oxygen atoms in total. The first-order valence-corrected chi connectivity index (χ1v) is 12.5. The number of benzene rings is 2. The zero-order chi connectivity index (χ0) is 29.4. The number of nitrogens with two attached hydrogens (primary N) is 1. The molecule has 2 aromatic carbocycles. The lowest BCUT2D eigenvalue weighted by Crippen LogP contribution is -2.31. The average molecular weight is 560 g/mol. The molecule has 0 spiro atoms. The summed E-state index contributed by atoms with van der Waals surface area (Å²) in [7, 11) is 1.31. The third-order valence-electron chi connectivity index (χ3n) is 6.99. The Kier molecular flexibility index (Phi) is 7.22. The van der Waals surface area contributed by atoms with Gasteiger partial charge < -0.3 is 21.0 Å². The van der Waals surface area contributed by atoms with Crippen molar-refractivity contribution in [3.05, 3.63) is 99.0 Å². The number of hydrogen-bond donors (Lipinski definition) is 3. The number of fused-ring (bicyclic) bond motifs is 2. The van der Waals surface area contributed by atoms with E-state index in [1.807, 2.05) is 6.92 Å². The Hall–Kier alpha value is -5.14. The maximum absolute atomic E-state index is 13.6. The van der Waals surface area contributed by atoms with Gasteiger partial charge in [-0.15, -0.1) is 0 Å². The minimum absolute atomic E-state index is 0.0230. The summed E-state index contributed by atoms with van der Waals surface area (Å²) in [5.41, 5.74) is 8.27. The molecule has 0 aliphatic heterocycles. The minimum Gasteiger partial charge on any atom is -0.540 e. The second-order valence-corrected chi connectivity index (χ2v) is 9.48. The van der Waals surface area contributed by atoms with Crippen LogP contribution in [-0.2, 0) is 17.6 Å². The summed E-state index contributed by atoms with van der Waals surface area (Å²) in [6.45, 7) is 1.68. The van der Waals surface area contributed by atoms with Crippen molar-refractivity contribution in [2.45, 2.75) is 32.4 Å². The zero-order valence-electron chi connectivity index (χ0n) is 22.0. The molecule has 2 aromatic heterocycles. The lowest BCUT2D eigenvalue weighted by Gasteiger charge is -2.16. The van der Waals surface area contributed by atoms with Crippen LogP contribution in [0.4, 0.5) is 8.78 Å². The molecule has 0 radical (unpaired) electrons. The molecule has 4 N–H and O–H groups in total. The van der Waals surface area contributed by atoms with Crippen LogP contribution in [0.3, 0.4) is 0 Å². The lowest BCUT2D eigenvalue weighted by molar-refractivity contribution is 0.0747. The minimum atomic E-state index is -1.06. The number of rotatable bonds is 7. The van der Waals surface area contributed by atoms with E-state index in [1.165, 1.54) is 26.2 Å². The number of nitrogens with one attached hydrogen (secondary N) is 2. The largest absolute Gasteiger partial charge is 0.540 e. The van der Waals surface area contributed by atoms with E-state index in [1.54, 1.807) is 12.1 Å². The summed E-state index contributed by atoms with van der Waals surface area (Å²) in [6, 6.07) is 8.69. The Bertz CT molecular complexity index is 1760. The molecule has 0 fully saturated rings. The van der Waals surface area contributed by atoms with E-state index in [9.17, 15) is 28.0 Å². The third kappa shape index (κ3) is 5.23. The zero-order valence-corrected chi connectivity index (χ0v) is 22.0. The fourth-order valence-corrected chi connectivity index (χ4v) is 4.89. The van der Waals surface area contributed by atoms with Gasteiger partial charge in [0.15, 0.2) is 23.0 Å². The number of primary amides is 1. The van der Waals surface area contributed by atoms with E-state index < -0.39 is 41.4 Å². The summed E-state index contributed by atoms with van der Waals surface area (Å²) in [6.07, 6.45) is 1.18. The first kappa shape index (κ1) is 27.4. The number of aromatic nitrogens is 3. The molecule has 41 heavy (non-hydrogen) atoms.